The van der Waals surface area contributed by atoms with Crippen molar-refractivity contribution in [3.8, 4) is 0 Å². The Bertz CT molecular complexity index is 1250. The van der Waals surface area contributed by atoms with Gasteiger partial charge in [-0.15, -0.1) is 0 Å². The van der Waals surface area contributed by atoms with Crippen LogP contribution in [0, 0.1) is 11.3 Å². The predicted octanol–water partition coefficient (Wildman–Crippen LogP) is 3.33. The van der Waals surface area contributed by atoms with E-state index in [2.05, 4.69) is 32.9 Å². The van der Waals surface area contributed by atoms with Gasteiger partial charge in [0.25, 0.3) is 0 Å². The van der Waals surface area contributed by atoms with E-state index in [1.165, 1.54) is 6.26 Å². The Kier molecular flexibility index (Phi) is 6.67. The number of anilines is 1. The first kappa shape index (κ1) is 25.7. The number of ether oxygens (including phenoxy) is 1. The van der Waals surface area contributed by atoms with Crippen molar-refractivity contribution in [3.05, 3.63) is 51.9 Å². The van der Waals surface area contributed by atoms with Gasteiger partial charge in [-0.2, -0.15) is 0 Å². The summed E-state index contributed by atoms with van der Waals surface area (Å²) < 4.78 is 31.4. The molecule has 5 heterocycles. The molecule has 0 radical (unpaired) electrons. The van der Waals surface area contributed by atoms with Crippen molar-refractivity contribution in [1.29, 1.82) is 0 Å². The van der Waals surface area contributed by atoms with Gasteiger partial charge >= 0.3 is 0 Å². The Hall–Kier alpha value is -1.53. The third-order valence-corrected chi connectivity index (χ3v) is 10.2. The number of pyridine rings is 2. The van der Waals surface area contributed by atoms with E-state index in [-0.39, 0.29) is 23.7 Å². The molecular weight excluding hydrogens is 535 g/mol. The summed E-state index contributed by atoms with van der Waals surface area (Å²) in [5.74, 6) is 1.32. The first-order valence-corrected chi connectivity index (χ1v) is 15.3. The van der Waals surface area contributed by atoms with Gasteiger partial charge in [0.15, 0.2) is 0 Å². The Morgan fingerprint density at radius 2 is 1.81 bits per heavy atom. The second-order valence-corrected chi connectivity index (χ2v) is 13.9. The maximum absolute atomic E-state index is 11.7. The van der Waals surface area contributed by atoms with E-state index in [1.54, 1.807) is 16.7 Å². The summed E-state index contributed by atoms with van der Waals surface area (Å²) in [7, 11) is -3.09. The number of rotatable bonds is 6. The van der Waals surface area contributed by atoms with Crippen LogP contribution in [0.1, 0.15) is 49.5 Å². The van der Waals surface area contributed by atoms with Crippen molar-refractivity contribution in [2.24, 2.45) is 11.3 Å². The lowest BCUT2D eigenvalue weighted by Crippen LogP contribution is -2.73. The van der Waals surface area contributed by atoms with Gasteiger partial charge in [-0.25, -0.2) is 23.1 Å². The van der Waals surface area contributed by atoms with Crippen LogP contribution in [-0.4, -0.2) is 67.3 Å². The Morgan fingerprint density at radius 1 is 1.08 bits per heavy atom. The number of nitrogens with zero attached hydrogens (tertiary/aromatic N) is 4. The van der Waals surface area contributed by atoms with Crippen molar-refractivity contribution in [3.63, 3.8) is 0 Å². The number of aromatic nitrogens is 2. The van der Waals surface area contributed by atoms with Gasteiger partial charge in [0.2, 0.25) is 10.0 Å². The molecule has 37 heavy (non-hydrogen) atoms. The molecule has 0 amide bonds. The molecule has 0 aromatic carbocycles. The molecular formula is C25H32Cl2N6O3S. The molecule has 0 bridgehead atoms. The average Bonchev–Trinajstić information content (AvgIpc) is 3.20. The molecule has 1 saturated carbocycles. The monoisotopic (exact) mass is 566 g/mol. The van der Waals surface area contributed by atoms with Crippen molar-refractivity contribution in [1.82, 2.24) is 25.1 Å². The Morgan fingerprint density at radius 3 is 2.46 bits per heavy atom. The van der Waals surface area contributed by atoms with Crippen LogP contribution in [0.25, 0.3) is 0 Å². The number of hydrazine groups is 1. The second kappa shape index (κ2) is 9.59. The highest BCUT2D eigenvalue weighted by Crippen LogP contribution is 2.44. The van der Waals surface area contributed by atoms with Crippen LogP contribution in [0.5, 0.6) is 0 Å². The van der Waals surface area contributed by atoms with Crippen molar-refractivity contribution < 1.29 is 13.2 Å². The largest absolute Gasteiger partial charge is 0.370 e. The van der Waals surface area contributed by atoms with Crippen LogP contribution in [-0.2, 0) is 14.8 Å². The highest BCUT2D eigenvalue weighted by Gasteiger charge is 2.54. The Balaban J connectivity index is 1.07. The topological polar surface area (TPSA) is 99.7 Å². The number of sulfonamides is 1. The van der Waals surface area contributed by atoms with E-state index in [0.29, 0.717) is 35.1 Å². The summed E-state index contributed by atoms with van der Waals surface area (Å²) >= 11 is 12.7. The molecule has 3 saturated heterocycles. The summed E-state index contributed by atoms with van der Waals surface area (Å²) in [5.41, 5.74) is 9.01. The zero-order valence-electron chi connectivity index (χ0n) is 20.9. The lowest BCUT2D eigenvalue weighted by molar-refractivity contribution is -0.0370. The molecule has 2 N–H and O–H groups in total. The van der Waals surface area contributed by atoms with Gasteiger partial charge in [-0.1, -0.05) is 29.3 Å². The third kappa shape index (κ3) is 4.86. The minimum absolute atomic E-state index is 0.0898. The van der Waals surface area contributed by atoms with Crippen LogP contribution in [0.4, 0.5) is 5.82 Å². The maximum atomic E-state index is 11.7. The van der Waals surface area contributed by atoms with Crippen LogP contribution in [0.3, 0.4) is 0 Å². The van der Waals surface area contributed by atoms with Gasteiger partial charge in [-0.05, 0) is 43.7 Å². The number of hydrogen-bond donors (Lipinski definition) is 2. The first-order valence-electron chi connectivity index (χ1n) is 12.7. The fourth-order valence-corrected chi connectivity index (χ4v) is 8.16. The number of halogens is 2. The van der Waals surface area contributed by atoms with Crippen LogP contribution in [0.2, 0.25) is 10.0 Å². The lowest BCUT2D eigenvalue weighted by atomic mass is 9.74. The standard InChI is InChI=1S/C25H32Cl2N6O3S/c1-15(23-19(26)9-28-10-20(23)27)36-17-4-5-21-18(7-17)24(31-30-21)16-3-6-22(29-8-16)32-11-25(12-32)13-33(14-25)37(2,34)35/h3,6,8-10,15,17-18,21,24,30-31H,4-5,7,11-14H2,1-2H3/t15-,17?,18?,21?,24?/m1/s1. The quantitative estimate of drug-likeness (QED) is 0.549. The molecule has 1 spiro atoms. The molecule has 2 aromatic rings. The van der Waals surface area contributed by atoms with Crippen molar-refractivity contribution in [2.45, 2.75) is 50.5 Å². The summed E-state index contributed by atoms with van der Waals surface area (Å²) in [6.45, 7) is 4.92. The number of fused-ring (bicyclic) bond motifs is 1. The molecule has 4 unspecified atom stereocenters. The fraction of sp³-hybridized carbons (Fsp3) is 0.600. The Labute approximate surface area is 227 Å². The first-order chi connectivity index (χ1) is 17.6. The third-order valence-electron chi connectivity index (χ3n) is 8.40. The van der Waals surface area contributed by atoms with Crippen LogP contribution in [0.15, 0.2) is 30.7 Å². The lowest BCUT2D eigenvalue weighted by Gasteiger charge is -2.59. The van der Waals surface area contributed by atoms with Gasteiger partial charge in [0.05, 0.1) is 34.6 Å². The van der Waals surface area contributed by atoms with E-state index in [4.69, 9.17) is 32.9 Å². The van der Waals surface area contributed by atoms with E-state index in [0.717, 1.165) is 49.3 Å². The van der Waals surface area contributed by atoms with E-state index in [9.17, 15) is 8.42 Å². The second-order valence-electron chi connectivity index (χ2n) is 11.1. The van der Waals surface area contributed by atoms with Crippen LogP contribution >= 0.6 is 23.2 Å². The summed E-state index contributed by atoms with van der Waals surface area (Å²) in [5, 5.41) is 1.06. The highest BCUT2D eigenvalue weighted by atomic mass is 35.5. The zero-order chi connectivity index (χ0) is 25.9. The fourth-order valence-electron chi connectivity index (χ4n) is 6.47. The smallest absolute Gasteiger partial charge is 0.211 e. The summed E-state index contributed by atoms with van der Waals surface area (Å²) in [6.07, 6.45) is 9.27. The molecule has 6 rings (SSSR count). The van der Waals surface area contributed by atoms with E-state index >= 15 is 0 Å². The van der Waals surface area contributed by atoms with E-state index in [1.807, 2.05) is 13.1 Å². The van der Waals surface area contributed by atoms with Crippen molar-refractivity contribution >= 4 is 39.0 Å². The van der Waals surface area contributed by atoms with Crippen LogP contribution < -0.4 is 15.8 Å². The average molecular weight is 568 g/mol. The van der Waals surface area contributed by atoms with Gasteiger partial charge < -0.3 is 9.64 Å². The predicted molar refractivity (Wildman–Crippen MR) is 143 cm³/mol. The molecule has 4 fully saturated rings. The minimum Gasteiger partial charge on any atom is -0.370 e. The van der Waals surface area contributed by atoms with Crippen molar-refractivity contribution in [2.75, 3.05) is 37.3 Å². The molecule has 4 aliphatic rings. The maximum Gasteiger partial charge on any atom is 0.211 e. The molecule has 2 aromatic heterocycles. The highest BCUT2D eigenvalue weighted by molar-refractivity contribution is 7.88. The zero-order valence-corrected chi connectivity index (χ0v) is 23.2. The number of hydrogen-bond acceptors (Lipinski definition) is 8. The van der Waals surface area contributed by atoms with E-state index < -0.39 is 10.0 Å². The molecule has 1 aliphatic carbocycles. The molecule has 12 heteroatoms. The summed E-state index contributed by atoms with van der Waals surface area (Å²) in [4.78, 5) is 11.0. The minimum atomic E-state index is -3.09. The molecule has 9 nitrogen and oxygen atoms in total. The van der Waals surface area contributed by atoms with Gasteiger partial charge in [0.1, 0.15) is 5.82 Å². The summed E-state index contributed by atoms with van der Waals surface area (Å²) in [6, 6.07) is 4.78. The SMILES string of the molecule is C[C@@H](OC1CCC2NNC(c3ccc(N4CC5(C4)CN(S(C)(=O)=O)C5)nc3)C2C1)c1c(Cl)cncc1Cl. The normalized spacial score (nSPS) is 30.0. The number of nitrogens with one attached hydrogen (secondary N) is 2. The molecule has 3 aliphatic heterocycles. The van der Waals surface area contributed by atoms with Gasteiger partial charge in [0, 0.05) is 61.8 Å². The molecule has 200 valence electrons. The van der Waals surface area contributed by atoms with Gasteiger partial charge in [-0.3, -0.25) is 10.4 Å². The molecule has 5 atom stereocenters.